The van der Waals surface area contributed by atoms with Crippen molar-refractivity contribution in [3.05, 3.63) is 72.3 Å². The maximum absolute atomic E-state index is 12.8. The van der Waals surface area contributed by atoms with E-state index in [9.17, 15) is 4.79 Å². The lowest BCUT2D eigenvalue weighted by Crippen LogP contribution is -2.50. The second kappa shape index (κ2) is 9.08. The molecule has 0 spiro atoms. The number of benzene rings is 3. The number of carbonyl (C=O) groups is 1. The number of ether oxygens (including phenoxy) is 1. The lowest BCUT2D eigenvalue weighted by Gasteiger charge is -2.35. The van der Waals surface area contributed by atoms with Crippen LogP contribution in [0, 0.1) is 0 Å². The smallest absolute Gasteiger partial charge is 0.241 e. The minimum Gasteiger partial charge on any atom is -0.492 e. The predicted molar refractivity (Wildman–Crippen MR) is 125 cm³/mol. The maximum Gasteiger partial charge on any atom is 0.241 e. The minimum absolute atomic E-state index is 0.220. The largest absolute Gasteiger partial charge is 0.492 e. The van der Waals surface area contributed by atoms with Crippen molar-refractivity contribution in [1.82, 2.24) is 9.80 Å². The first-order valence-corrected chi connectivity index (χ1v) is 11.2. The van der Waals surface area contributed by atoms with Crippen LogP contribution in [0.3, 0.4) is 0 Å². The zero-order valence-electron chi connectivity index (χ0n) is 17.9. The molecular weight excluding hydrogens is 386 g/mol. The Morgan fingerprint density at radius 1 is 0.806 bits per heavy atom. The summed E-state index contributed by atoms with van der Waals surface area (Å²) in [4.78, 5) is 19.5. The number of rotatable bonds is 6. The molecule has 2 aliphatic rings. The molecule has 0 aliphatic carbocycles. The highest BCUT2D eigenvalue weighted by Gasteiger charge is 2.26. The molecule has 0 bridgehead atoms. The maximum atomic E-state index is 12.8. The van der Waals surface area contributed by atoms with Gasteiger partial charge >= 0.3 is 0 Å². The summed E-state index contributed by atoms with van der Waals surface area (Å²) in [7, 11) is 0. The van der Waals surface area contributed by atoms with Gasteiger partial charge in [-0.1, -0.05) is 54.6 Å². The Balaban J connectivity index is 1.08. The number of hydrogen-bond donors (Lipinski definition) is 0. The molecule has 0 saturated carbocycles. The fourth-order valence-electron chi connectivity index (χ4n) is 4.65. The fraction of sp³-hybridized carbons (Fsp3) is 0.346. The van der Waals surface area contributed by atoms with Crippen molar-refractivity contribution >= 4 is 22.4 Å². The number of para-hydroxylation sites is 1. The van der Waals surface area contributed by atoms with E-state index in [1.54, 1.807) is 0 Å². The van der Waals surface area contributed by atoms with E-state index in [1.165, 1.54) is 10.9 Å². The van der Waals surface area contributed by atoms with Gasteiger partial charge < -0.3 is 9.64 Å². The number of piperazine rings is 1. The molecule has 1 saturated heterocycles. The molecule has 1 amide bonds. The van der Waals surface area contributed by atoms with Crippen LogP contribution in [0.5, 0.6) is 5.75 Å². The van der Waals surface area contributed by atoms with Gasteiger partial charge in [0.15, 0.2) is 0 Å². The van der Waals surface area contributed by atoms with Crippen molar-refractivity contribution in [2.45, 2.75) is 6.42 Å². The van der Waals surface area contributed by atoms with E-state index < -0.39 is 0 Å². The van der Waals surface area contributed by atoms with E-state index in [-0.39, 0.29) is 5.91 Å². The number of nitrogens with zero attached hydrogens (tertiary/aromatic N) is 3. The molecule has 3 aromatic rings. The van der Waals surface area contributed by atoms with Gasteiger partial charge in [0, 0.05) is 50.3 Å². The second-order valence-electron chi connectivity index (χ2n) is 8.37. The Labute approximate surface area is 183 Å². The zero-order valence-corrected chi connectivity index (χ0v) is 17.9. The van der Waals surface area contributed by atoms with Gasteiger partial charge in [0.1, 0.15) is 12.4 Å². The Bertz CT molecular complexity index is 1050. The molecule has 2 heterocycles. The average molecular weight is 416 g/mol. The molecule has 0 atom stereocenters. The van der Waals surface area contributed by atoms with Crippen LogP contribution < -0.4 is 9.64 Å². The quantitative estimate of drug-likeness (QED) is 0.618. The predicted octanol–water partition coefficient (Wildman–Crippen LogP) is 3.43. The molecule has 0 aromatic heterocycles. The molecule has 160 valence electrons. The van der Waals surface area contributed by atoms with Crippen LogP contribution in [0.2, 0.25) is 0 Å². The third-order valence-electron chi connectivity index (χ3n) is 6.43. The molecule has 0 radical (unpaired) electrons. The molecule has 0 N–H and O–H groups in total. The van der Waals surface area contributed by atoms with Crippen LogP contribution in [-0.2, 0) is 11.2 Å². The van der Waals surface area contributed by atoms with E-state index >= 15 is 0 Å². The van der Waals surface area contributed by atoms with E-state index in [0.717, 1.165) is 62.5 Å². The standard InChI is InChI=1S/C26H29N3O2/c30-26(29-13-12-22-7-2-4-10-24(22)29)20-28-16-14-27(15-17-28)18-19-31-25-11-5-8-21-6-1-3-9-23(21)25/h1-11H,12-20H2. The highest BCUT2D eigenvalue weighted by molar-refractivity contribution is 5.96. The number of fused-ring (bicyclic) bond motifs is 2. The summed E-state index contributed by atoms with van der Waals surface area (Å²) in [5.41, 5.74) is 2.38. The van der Waals surface area contributed by atoms with Gasteiger partial charge in [-0.2, -0.15) is 0 Å². The lowest BCUT2D eigenvalue weighted by molar-refractivity contribution is -0.120. The SMILES string of the molecule is O=C(CN1CCN(CCOc2cccc3ccccc23)CC1)N1CCc2ccccc21. The molecule has 5 rings (SSSR count). The fourth-order valence-corrected chi connectivity index (χ4v) is 4.65. The van der Waals surface area contributed by atoms with Crippen molar-refractivity contribution in [2.75, 3.05) is 57.3 Å². The lowest BCUT2D eigenvalue weighted by atomic mass is 10.1. The van der Waals surface area contributed by atoms with Crippen molar-refractivity contribution in [3.8, 4) is 5.75 Å². The summed E-state index contributed by atoms with van der Waals surface area (Å²) in [6.45, 7) is 6.71. The van der Waals surface area contributed by atoms with Gasteiger partial charge in [-0.3, -0.25) is 14.6 Å². The van der Waals surface area contributed by atoms with E-state index in [4.69, 9.17) is 4.74 Å². The van der Waals surface area contributed by atoms with Gasteiger partial charge in [0.25, 0.3) is 0 Å². The normalized spacial score (nSPS) is 17.1. The molecular formula is C26H29N3O2. The monoisotopic (exact) mass is 415 g/mol. The van der Waals surface area contributed by atoms with Crippen molar-refractivity contribution in [3.63, 3.8) is 0 Å². The third-order valence-corrected chi connectivity index (χ3v) is 6.43. The first-order valence-electron chi connectivity index (χ1n) is 11.2. The Morgan fingerprint density at radius 2 is 1.55 bits per heavy atom. The summed E-state index contributed by atoms with van der Waals surface area (Å²) >= 11 is 0. The Morgan fingerprint density at radius 3 is 2.45 bits per heavy atom. The summed E-state index contributed by atoms with van der Waals surface area (Å²) in [5.74, 6) is 1.17. The number of anilines is 1. The second-order valence-corrected chi connectivity index (χ2v) is 8.37. The van der Waals surface area contributed by atoms with Gasteiger partial charge in [-0.15, -0.1) is 0 Å². The number of hydrogen-bond acceptors (Lipinski definition) is 4. The summed E-state index contributed by atoms with van der Waals surface area (Å²) in [5, 5.41) is 2.37. The van der Waals surface area contributed by atoms with Crippen molar-refractivity contribution < 1.29 is 9.53 Å². The Kier molecular flexibility index (Phi) is 5.87. The van der Waals surface area contributed by atoms with E-state index in [2.05, 4.69) is 58.3 Å². The topological polar surface area (TPSA) is 36.0 Å². The molecule has 31 heavy (non-hydrogen) atoms. The van der Waals surface area contributed by atoms with Crippen LogP contribution in [-0.4, -0.2) is 68.1 Å². The van der Waals surface area contributed by atoms with Crippen LogP contribution in [0.1, 0.15) is 5.56 Å². The highest BCUT2D eigenvalue weighted by atomic mass is 16.5. The van der Waals surface area contributed by atoms with Gasteiger partial charge in [-0.05, 0) is 29.5 Å². The first-order chi connectivity index (χ1) is 15.3. The third kappa shape index (κ3) is 4.43. The zero-order chi connectivity index (χ0) is 21.0. The van der Waals surface area contributed by atoms with Crippen LogP contribution in [0.15, 0.2) is 66.7 Å². The van der Waals surface area contributed by atoms with Crippen molar-refractivity contribution in [2.24, 2.45) is 0 Å². The summed E-state index contributed by atoms with van der Waals surface area (Å²) < 4.78 is 6.10. The molecule has 5 heteroatoms. The van der Waals surface area contributed by atoms with Gasteiger partial charge in [-0.25, -0.2) is 0 Å². The molecule has 3 aromatic carbocycles. The first kappa shape index (κ1) is 20.0. The summed E-state index contributed by atoms with van der Waals surface area (Å²) in [6.07, 6.45) is 0.965. The highest BCUT2D eigenvalue weighted by Crippen LogP contribution is 2.28. The number of carbonyl (C=O) groups excluding carboxylic acids is 1. The summed E-state index contributed by atoms with van der Waals surface area (Å²) in [6, 6.07) is 22.8. The van der Waals surface area contributed by atoms with Crippen molar-refractivity contribution in [1.29, 1.82) is 0 Å². The van der Waals surface area contributed by atoms with Crippen LogP contribution in [0.4, 0.5) is 5.69 Å². The van der Waals surface area contributed by atoms with Crippen LogP contribution >= 0.6 is 0 Å². The molecule has 0 unspecified atom stereocenters. The van der Waals surface area contributed by atoms with Gasteiger partial charge in [0.2, 0.25) is 5.91 Å². The van der Waals surface area contributed by atoms with Gasteiger partial charge in [0.05, 0.1) is 6.54 Å². The minimum atomic E-state index is 0.220. The van der Waals surface area contributed by atoms with E-state index in [1.807, 2.05) is 23.1 Å². The van der Waals surface area contributed by atoms with E-state index in [0.29, 0.717) is 13.2 Å². The Hall–Kier alpha value is -2.89. The average Bonchev–Trinajstić information content (AvgIpc) is 3.25. The number of amides is 1. The van der Waals surface area contributed by atoms with Crippen LogP contribution in [0.25, 0.3) is 10.8 Å². The molecule has 1 fully saturated rings. The molecule has 5 nitrogen and oxygen atoms in total. The molecule has 2 aliphatic heterocycles.